The van der Waals surface area contributed by atoms with E-state index in [-0.39, 0.29) is 5.82 Å². The first kappa shape index (κ1) is 11.7. The van der Waals surface area contributed by atoms with Crippen LogP contribution in [0.25, 0.3) is 11.0 Å². The zero-order valence-electron chi connectivity index (χ0n) is 10.6. The molecular weight excluding hydrogens is 241 g/mol. The van der Waals surface area contributed by atoms with Crippen LogP contribution in [-0.4, -0.2) is 17.0 Å². The topological polar surface area (TPSA) is 31.9 Å². The van der Waals surface area contributed by atoms with Crippen LogP contribution >= 0.6 is 0 Å². The summed E-state index contributed by atoms with van der Waals surface area (Å²) in [7, 11) is 1.96. The van der Waals surface area contributed by atoms with Gasteiger partial charge in [-0.15, -0.1) is 0 Å². The minimum absolute atomic E-state index is 0.213. The number of nitrogens with zero attached hydrogens (tertiary/aromatic N) is 2. The molecule has 3 nitrogen and oxygen atoms in total. The molecule has 3 rings (SSSR count). The first-order valence-corrected chi connectivity index (χ1v) is 6.13. The molecule has 0 aliphatic rings. The summed E-state index contributed by atoms with van der Waals surface area (Å²) in [6.45, 7) is 0.681. The van der Waals surface area contributed by atoms with Gasteiger partial charge in [0.25, 0.3) is 0 Å². The number of para-hydroxylation sites is 2. The third-order valence-electron chi connectivity index (χ3n) is 3.07. The molecule has 0 spiro atoms. The van der Waals surface area contributed by atoms with Crippen LogP contribution in [0.1, 0.15) is 5.56 Å². The molecule has 0 bridgehead atoms. The summed E-state index contributed by atoms with van der Waals surface area (Å²) >= 11 is 0. The maximum absolute atomic E-state index is 12.9. The molecule has 19 heavy (non-hydrogen) atoms. The number of imidazole rings is 1. The first-order chi connectivity index (χ1) is 9.22. The normalized spacial score (nSPS) is 10.8. The maximum atomic E-state index is 12.9. The number of hydrogen-bond acceptors (Lipinski definition) is 2. The summed E-state index contributed by atoms with van der Waals surface area (Å²) in [5, 5.41) is 0. The molecule has 1 N–H and O–H groups in total. The van der Waals surface area contributed by atoms with E-state index in [9.17, 15) is 4.39 Å². The molecule has 0 fully saturated rings. The van der Waals surface area contributed by atoms with Crippen molar-refractivity contribution in [3.63, 3.8) is 0 Å². The van der Waals surface area contributed by atoms with Crippen molar-refractivity contribution >= 4 is 17.0 Å². The van der Waals surface area contributed by atoms with Crippen LogP contribution in [0.15, 0.2) is 48.5 Å². The van der Waals surface area contributed by atoms with Crippen molar-refractivity contribution in [1.29, 1.82) is 0 Å². The standard InChI is InChI=1S/C15H14FN3/c1-19(10-11-6-8-12(16)9-7-11)15-17-13-4-2-3-5-14(13)18-15/h2-9H,10H2,1H3,(H,17,18). The van der Waals surface area contributed by atoms with Crippen LogP contribution < -0.4 is 4.90 Å². The third-order valence-corrected chi connectivity index (χ3v) is 3.07. The van der Waals surface area contributed by atoms with Gasteiger partial charge in [0.05, 0.1) is 11.0 Å². The van der Waals surface area contributed by atoms with E-state index in [1.807, 2.05) is 36.2 Å². The minimum Gasteiger partial charge on any atom is -0.341 e. The van der Waals surface area contributed by atoms with Crippen LogP contribution in [0.2, 0.25) is 0 Å². The Morgan fingerprint density at radius 3 is 2.58 bits per heavy atom. The molecular formula is C15H14FN3. The molecule has 0 atom stereocenters. The van der Waals surface area contributed by atoms with E-state index < -0.39 is 0 Å². The molecule has 96 valence electrons. The fourth-order valence-corrected chi connectivity index (χ4v) is 2.06. The van der Waals surface area contributed by atoms with Crippen molar-refractivity contribution in [2.75, 3.05) is 11.9 Å². The van der Waals surface area contributed by atoms with E-state index in [0.717, 1.165) is 22.5 Å². The average Bonchev–Trinajstić information content (AvgIpc) is 2.85. The lowest BCUT2D eigenvalue weighted by molar-refractivity contribution is 0.627. The highest BCUT2D eigenvalue weighted by molar-refractivity contribution is 5.77. The van der Waals surface area contributed by atoms with Gasteiger partial charge in [-0.05, 0) is 29.8 Å². The highest BCUT2D eigenvalue weighted by atomic mass is 19.1. The van der Waals surface area contributed by atoms with Gasteiger partial charge in [-0.3, -0.25) is 0 Å². The molecule has 0 aliphatic heterocycles. The molecule has 3 aromatic rings. The van der Waals surface area contributed by atoms with E-state index in [1.165, 1.54) is 12.1 Å². The smallest absolute Gasteiger partial charge is 0.203 e. The Bertz CT molecular complexity index is 655. The van der Waals surface area contributed by atoms with Crippen LogP contribution in [0.5, 0.6) is 0 Å². The van der Waals surface area contributed by atoms with Gasteiger partial charge in [-0.1, -0.05) is 24.3 Å². The number of aromatic amines is 1. The number of anilines is 1. The third kappa shape index (κ3) is 2.42. The summed E-state index contributed by atoms with van der Waals surface area (Å²) in [5.41, 5.74) is 3.01. The van der Waals surface area contributed by atoms with Gasteiger partial charge in [0.15, 0.2) is 0 Å². The van der Waals surface area contributed by atoms with Crippen molar-refractivity contribution in [2.24, 2.45) is 0 Å². The van der Waals surface area contributed by atoms with E-state index in [1.54, 1.807) is 12.1 Å². The van der Waals surface area contributed by atoms with Gasteiger partial charge in [0.2, 0.25) is 5.95 Å². The Hall–Kier alpha value is -2.36. The number of aromatic nitrogens is 2. The number of H-pyrrole nitrogens is 1. The molecule has 0 saturated heterocycles. The highest BCUT2D eigenvalue weighted by Crippen LogP contribution is 2.17. The largest absolute Gasteiger partial charge is 0.341 e. The van der Waals surface area contributed by atoms with Crippen molar-refractivity contribution in [3.8, 4) is 0 Å². The molecule has 0 unspecified atom stereocenters. The predicted octanol–water partition coefficient (Wildman–Crippen LogP) is 3.34. The summed E-state index contributed by atoms with van der Waals surface area (Å²) < 4.78 is 12.9. The Balaban J connectivity index is 1.83. The number of rotatable bonds is 3. The van der Waals surface area contributed by atoms with E-state index >= 15 is 0 Å². The monoisotopic (exact) mass is 255 g/mol. The average molecular weight is 255 g/mol. The van der Waals surface area contributed by atoms with E-state index in [0.29, 0.717) is 6.54 Å². The Kier molecular flexibility index (Phi) is 2.91. The van der Waals surface area contributed by atoms with Crippen LogP contribution in [0, 0.1) is 5.82 Å². The lowest BCUT2D eigenvalue weighted by atomic mass is 10.2. The van der Waals surface area contributed by atoms with Gasteiger partial charge < -0.3 is 9.88 Å². The number of halogens is 1. The zero-order chi connectivity index (χ0) is 13.2. The SMILES string of the molecule is CN(Cc1ccc(F)cc1)c1nc2ccccc2[nH]1. The Morgan fingerprint density at radius 1 is 1.11 bits per heavy atom. The summed E-state index contributed by atoms with van der Waals surface area (Å²) in [6, 6.07) is 14.4. The van der Waals surface area contributed by atoms with Crippen molar-refractivity contribution in [1.82, 2.24) is 9.97 Å². The predicted molar refractivity (Wildman–Crippen MR) is 74.6 cm³/mol. The first-order valence-electron chi connectivity index (χ1n) is 6.13. The molecule has 2 aromatic carbocycles. The molecule has 1 heterocycles. The number of nitrogens with one attached hydrogen (secondary N) is 1. The van der Waals surface area contributed by atoms with Crippen molar-refractivity contribution < 1.29 is 4.39 Å². The van der Waals surface area contributed by atoms with Gasteiger partial charge in [-0.25, -0.2) is 9.37 Å². The van der Waals surface area contributed by atoms with Crippen molar-refractivity contribution in [3.05, 3.63) is 59.9 Å². The van der Waals surface area contributed by atoms with E-state index in [4.69, 9.17) is 0 Å². The lowest BCUT2D eigenvalue weighted by Gasteiger charge is -2.15. The second-order valence-corrected chi connectivity index (χ2v) is 4.56. The quantitative estimate of drug-likeness (QED) is 0.778. The van der Waals surface area contributed by atoms with Gasteiger partial charge in [0, 0.05) is 13.6 Å². The summed E-state index contributed by atoms with van der Waals surface area (Å²) in [6.07, 6.45) is 0. The Morgan fingerprint density at radius 2 is 1.84 bits per heavy atom. The van der Waals surface area contributed by atoms with Crippen LogP contribution in [0.4, 0.5) is 10.3 Å². The fourth-order valence-electron chi connectivity index (χ4n) is 2.06. The fraction of sp³-hybridized carbons (Fsp3) is 0.133. The minimum atomic E-state index is -0.213. The van der Waals surface area contributed by atoms with Crippen molar-refractivity contribution in [2.45, 2.75) is 6.54 Å². The molecule has 0 amide bonds. The van der Waals surface area contributed by atoms with Gasteiger partial charge >= 0.3 is 0 Å². The lowest BCUT2D eigenvalue weighted by Crippen LogP contribution is -2.17. The van der Waals surface area contributed by atoms with Crippen LogP contribution in [0.3, 0.4) is 0 Å². The maximum Gasteiger partial charge on any atom is 0.203 e. The summed E-state index contributed by atoms with van der Waals surface area (Å²) in [5.74, 6) is 0.598. The number of hydrogen-bond donors (Lipinski definition) is 1. The highest BCUT2D eigenvalue weighted by Gasteiger charge is 2.07. The second kappa shape index (κ2) is 4.72. The van der Waals surface area contributed by atoms with E-state index in [2.05, 4.69) is 9.97 Å². The number of fused-ring (bicyclic) bond motifs is 1. The van der Waals surface area contributed by atoms with Gasteiger partial charge in [0.1, 0.15) is 5.82 Å². The molecule has 0 saturated carbocycles. The molecule has 4 heteroatoms. The van der Waals surface area contributed by atoms with Crippen LogP contribution in [-0.2, 0) is 6.54 Å². The summed E-state index contributed by atoms with van der Waals surface area (Å²) in [4.78, 5) is 9.80. The zero-order valence-corrected chi connectivity index (χ0v) is 10.6. The number of benzene rings is 2. The Labute approximate surface area is 110 Å². The van der Waals surface area contributed by atoms with Gasteiger partial charge in [-0.2, -0.15) is 0 Å². The molecule has 0 aliphatic carbocycles. The molecule has 0 radical (unpaired) electrons. The molecule has 1 aromatic heterocycles. The second-order valence-electron chi connectivity index (χ2n) is 4.56.